The fourth-order valence-electron chi connectivity index (χ4n) is 2.69. The molecule has 0 aliphatic rings. The molecule has 0 spiro atoms. The van der Waals surface area contributed by atoms with Gasteiger partial charge in [-0.05, 0) is 36.4 Å². The zero-order valence-electron chi connectivity index (χ0n) is 15.6. The van der Waals surface area contributed by atoms with Crippen molar-refractivity contribution < 1.29 is 13.2 Å². The molecule has 0 unspecified atom stereocenters. The summed E-state index contributed by atoms with van der Waals surface area (Å²) in [5.74, 6) is -0.429. The van der Waals surface area contributed by atoms with Gasteiger partial charge in [0, 0.05) is 18.8 Å². The minimum atomic E-state index is -3.53. The summed E-state index contributed by atoms with van der Waals surface area (Å²) in [7, 11) is -3.53. The first kappa shape index (κ1) is 19.7. The van der Waals surface area contributed by atoms with Crippen LogP contribution in [0.3, 0.4) is 0 Å². The Bertz CT molecular complexity index is 1040. The number of hydrogen-bond acceptors (Lipinski definition) is 5. The summed E-state index contributed by atoms with van der Waals surface area (Å²) in [6.45, 7) is 4.37. The SMILES string of the molecule is CCN(CC)S(=O)(=O)c1ccc(NC(=O)c2cn(-c3ccccc3)nn2)cc1. The Labute approximate surface area is 163 Å². The number of amides is 1. The lowest BCUT2D eigenvalue weighted by Gasteiger charge is -2.18. The maximum absolute atomic E-state index is 12.5. The maximum atomic E-state index is 12.5. The molecule has 0 aliphatic carbocycles. The average Bonchev–Trinajstić information content (AvgIpc) is 3.20. The van der Waals surface area contributed by atoms with Gasteiger partial charge in [0.1, 0.15) is 0 Å². The molecule has 0 radical (unpaired) electrons. The Morgan fingerprint density at radius 2 is 1.68 bits per heavy atom. The van der Waals surface area contributed by atoms with Gasteiger partial charge >= 0.3 is 0 Å². The first-order chi connectivity index (χ1) is 13.5. The van der Waals surface area contributed by atoms with E-state index in [1.165, 1.54) is 27.3 Å². The van der Waals surface area contributed by atoms with E-state index < -0.39 is 15.9 Å². The molecule has 0 atom stereocenters. The van der Waals surface area contributed by atoms with Crippen LogP contribution in [0.2, 0.25) is 0 Å². The van der Waals surface area contributed by atoms with Gasteiger partial charge in [0.05, 0.1) is 16.8 Å². The van der Waals surface area contributed by atoms with E-state index in [4.69, 9.17) is 0 Å². The topological polar surface area (TPSA) is 97.2 Å². The van der Waals surface area contributed by atoms with Crippen LogP contribution in [0.25, 0.3) is 5.69 Å². The molecule has 0 saturated carbocycles. The Morgan fingerprint density at radius 1 is 1.04 bits per heavy atom. The minimum absolute atomic E-state index is 0.156. The molecule has 2 aromatic carbocycles. The number of benzene rings is 2. The molecule has 3 rings (SSSR count). The predicted octanol–water partition coefficient (Wildman–Crippen LogP) is 2.55. The van der Waals surface area contributed by atoms with Crippen LogP contribution in [0, 0.1) is 0 Å². The highest BCUT2D eigenvalue weighted by molar-refractivity contribution is 7.89. The van der Waals surface area contributed by atoms with Crippen molar-refractivity contribution in [2.24, 2.45) is 0 Å². The van der Waals surface area contributed by atoms with Gasteiger partial charge in [-0.25, -0.2) is 13.1 Å². The number of rotatable bonds is 7. The summed E-state index contributed by atoms with van der Waals surface area (Å²) in [6, 6.07) is 15.4. The quantitative estimate of drug-likeness (QED) is 0.658. The maximum Gasteiger partial charge on any atom is 0.277 e. The molecular weight excluding hydrogens is 378 g/mol. The number of anilines is 1. The van der Waals surface area contributed by atoms with Crippen molar-refractivity contribution in [2.75, 3.05) is 18.4 Å². The van der Waals surface area contributed by atoms with Crippen LogP contribution < -0.4 is 5.32 Å². The van der Waals surface area contributed by atoms with Gasteiger partial charge in [-0.15, -0.1) is 5.10 Å². The van der Waals surface area contributed by atoms with Crippen LogP contribution in [-0.2, 0) is 10.0 Å². The lowest BCUT2D eigenvalue weighted by Crippen LogP contribution is -2.30. The monoisotopic (exact) mass is 399 g/mol. The molecule has 0 fully saturated rings. The highest BCUT2D eigenvalue weighted by atomic mass is 32.2. The van der Waals surface area contributed by atoms with Crippen molar-refractivity contribution in [3.05, 3.63) is 66.5 Å². The van der Waals surface area contributed by atoms with E-state index >= 15 is 0 Å². The van der Waals surface area contributed by atoms with Crippen molar-refractivity contribution in [2.45, 2.75) is 18.7 Å². The van der Waals surface area contributed by atoms with Gasteiger partial charge in [0.25, 0.3) is 5.91 Å². The normalized spacial score (nSPS) is 11.5. The third-order valence-corrected chi connectivity index (χ3v) is 6.27. The van der Waals surface area contributed by atoms with Crippen molar-refractivity contribution in [3.8, 4) is 5.69 Å². The highest BCUT2D eigenvalue weighted by Crippen LogP contribution is 2.18. The van der Waals surface area contributed by atoms with Gasteiger partial charge in [-0.3, -0.25) is 4.79 Å². The third-order valence-electron chi connectivity index (χ3n) is 4.20. The number of hydrogen-bond donors (Lipinski definition) is 1. The number of para-hydroxylation sites is 1. The number of nitrogens with one attached hydrogen (secondary N) is 1. The predicted molar refractivity (Wildman–Crippen MR) is 106 cm³/mol. The molecule has 0 bridgehead atoms. The number of carbonyl (C=O) groups is 1. The summed E-state index contributed by atoms with van der Waals surface area (Å²) in [5, 5.41) is 10.5. The van der Waals surface area contributed by atoms with Crippen LogP contribution in [0.5, 0.6) is 0 Å². The number of carbonyl (C=O) groups excluding carboxylic acids is 1. The molecule has 28 heavy (non-hydrogen) atoms. The van der Waals surface area contributed by atoms with E-state index in [0.29, 0.717) is 18.8 Å². The standard InChI is InChI=1S/C19H21N5O3S/c1-3-23(4-2)28(26,27)17-12-10-15(11-13-17)20-19(25)18-14-24(22-21-18)16-8-6-5-7-9-16/h5-14H,3-4H2,1-2H3,(H,20,25). The van der Waals surface area contributed by atoms with Gasteiger partial charge in [-0.2, -0.15) is 4.31 Å². The highest BCUT2D eigenvalue weighted by Gasteiger charge is 2.21. The van der Waals surface area contributed by atoms with Crippen LogP contribution >= 0.6 is 0 Å². The van der Waals surface area contributed by atoms with Gasteiger partial charge in [-0.1, -0.05) is 37.3 Å². The zero-order valence-corrected chi connectivity index (χ0v) is 16.4. The average molecular weight is 399 g/mol. The summed E-state index contributed by atoms with van der Waals surface area (Å²) in [5.41, 5.74) is 1.42. The largest absolute Gasteiger partial charge is 0.321 e. The first-order valence-electron chi connectivity index (χ1n) is 8.85. The molecule has 1 amide bonds. The van der Waals surface area contributed by atoms with E-state index in [1.807, 2.05) is 30.3 Å². The molecule has 1 heterocycles. The molecule has 0 saturated heterocycles. The van der Waals surface area contributed by atoms with Crippen LogP contribution in [0.1, 0.15) is 24.3 Å². The summed E-state index contributed by atoms with van der Waals surface area (Å²) in [4.78, 5) is 12.6. The van der Waals surface area contributed by atoms with Crippen molar-refractivity contribution in [1.29, 1.82) is 0 Å². The summed E-state index contributed by atoms with van der Waals surface area (Å²) in [6.07, 6.45) is 1.53. The molecule has 0 aliphatic heterocycles. The van der Waals surface area contributed by atoms with Crippen molar-refractivity contribution in [1.82, 2.24) is 19.3 Å². The lowest BCUT2D eigenvalue weighted by atomic mass is 10.3. The third kappa shape index (κ3) is 4.10. The van der Waals surface area contributed by atoms with E-state index in [1.54, 1.807) is 26.0 Å². The second kappa shape index (κ2) is 8.32. The number of sulfonamides is 1. The first-order valence-corrected chi connectivity index (χ1v) is 10.3. The fourth-order valence-corrected chi connectivity index (χ4v) is 4.15. The Balaban J connectivity index is 1.73. The Hall–Kier alpha value is -3.04. The fraction of sp³-hybridized carbons (Fsp3) is 0.211. The molecular formula is C19H21N5O3S. The number of nitrogens with zero attached hydrogens (tertiary/aromatic N) is 4. The van der Waals surface area contributed by atoms with E-state index in [2.05, 4.69) is 15.6 Å². The van der Waals surface area contributed by atoms with Gasteiger partial charge < -0.3 is 5.32 Å². The molecule has 146 valence electrons. The Kier molecular flexibility index (Phi) is 5.86. The van der Waals surface area contributed by atoms with Crippen molar-refractivity contribution >= 4 is 21.6 Å². The zero-order chi connectivity index (χ0) is 20.1. The van der Waals surface area contributed by atoms with Crippen molar-refractivity contribution in [3.63, 3.8) is 0 Å². The smallest absolute Gasteiger partial charge is 0.277 e. The van der Waals surface area contributed by atoms with Gasteiger partial charge in [0.15, 0.2) is 5.69 Å². The molecule has 8 nitrogen and oxygen atoms in total. The van der Waals surface area contributed by atoms with E-state index in [0.717, 1.165) is 5.69 Å². The Morgan fingerprint density at radius 3 is 2.29 bits per heavy atom. The van der Waals surface area contributed by atoms with Crippen LogP contribution in [-0.4, -0.2) is 46.7 Å². The van der Waals surface area contributed by atoms with Crippen LogP contribution in [0.4, 0.5) is 5.69 Å². The molecule has 1 aromatic heterocycles. The van der Waals surface area contributed by atoms with Crippen LogP contribution in [0.15, 0.2) is 65.7 Å². The molecule has 3 aromatic rings. The number of aromatic nitrogens is 3. The summed E-state index contributed by atoms with van der Waals surface area (Å²) < 4.78 is 27.9. The van der Waals surface area contributed by atoms with E-state index in [-0.39, 0.29) is 10.6 Å². The molecule has 1 N–H and O–H groups in total. The summed E-state index contributed by atoms with van der Waals surface area (Å²) >= 11 is 0. The molecule has 9 heteroatoms. The second-order valence-corrected chi connectivity index (χ2v) is 7.89. The lowest BCUT2D eigenvalue weighted by molar-refractivity contribution is 0.102. The second-order valence-electron chi connectivity index (χ2n) is 5.95. The minimum Gasteiger partial charge on any atom is -0.321 e. The van der Waals surface area contributed by atoms with Gasteiger partial charge in [0.2, 0.25) is 10.0 Å². The van der Waals surface area contributed by atoms with E-state index in [9.17, 15) is 13.2 Å².